The molecular weight excluding hydrogens is 294 g/mol. The number of ether oxygens (including phenoxy) is 3. The van der Waals surface area contributed by atoms with Gasteiger partial charge in [0.1, 0.15) is 19.3 Å². The highest BCUT2D eigenvalue weighted by Gasteiger charge is 2.17. The van der Waals surface area contributed by atoms with Gasteiger partial charge in [-0.1, -0.05) is 12.1 Å². The summed E-state index contributed by atoms with van der Waals surface area (Å²) in [4.78, 5) is 0. The molecule has 2 rings (SSSR count). The van der Waals surface area contributed by atoms with Crippen molar-refractivity contribution in [2.24, 2.45) is 0 Å². The monoisotopic (exact) mass is 323 g/mol. The molecule has 5 heteroatoms. The molecule has 1 aliphatic heterocycles. The maximum atomic E-state index is 10.0. The van der Waals surface area contributed by atoms with Crippen molar-refractivity contribution in [2.75, 3.05) is 26.4 Å². The van der Waals surface area contributed by atoms with E-state index in [1.807, 2.05) is 24.3 Å². The lowest BCUT2D eigenvalue weighted by molar-refractivity contribution is 0.0644. The third kappa shape index (κ3) is 6.77. The molecule has 1 aromatic carbocycles. The fraction of sp³-hybridized carbons (Fsp3) is 0.667. The van der Waals surface area contributed by atoms with Crippen molar-refractivity contribution in [2.45, 2.75) is 51.4 Å². The lowest BCUT2D eigenvalue weighted by Gasteiger charge is -2.23. The molecule has 0 amide bonds. The van der Waals surface area contributed by atoms with Gasteiger partial charge in [0, 0.05) is 18.7 Å². The Balaban J connectivity index is 1.79. The van der Waals surface area contributed by atoms with E-state index in [0.29, 0.717) is 24.7 Å². The molecule has 0 bridgehead atoms. The van der Waals surface area contributed by atoms with Crippen molar-refractivity contribution in [3.05, 3.63) is 24.3 Å². The van der Waals surface area contributed by atoms with Crippen LogP contribution in [0.5, 0.6) is 11.5 Å². The first-order valence-corrected chi connectivity index (χ1v) is 8.33. The minimum absolute atomic E-state index is 0.0245. The summed E-state index contributed by atoms with van der Waals surface area (Å²) >= 11 is 0. The second-order valence-electron chi connectivity index (χ2n) is 6.99. The van der Waals surface area contributed by atoms with Gasteiger partial charge in [0.15, 0.2) is 11.5 Å². The van der Waals surface area contributed by atoms with Crippen molar-refractivity contribution in [1.82, 2.24) is 5.32 Å². The molecule has 130 valence electrons. The van der Waals surface area contributed by atoms with Crippen LogP contribution in [-0.4, -0.2) is 49.2 Å². The molecule has 1 fully saturated rings. The Morgan fingerprint density at radius 2 is 1.96 bits per heavy atom. The first-order valence-electron chi connectivity index (χ1n) is 8.33. The van der Waals surface area contributed by atoms with E-state index in [9.17, 15) is 5.11 Å². The third-order valence-electron chi connectivity index (χ3n) is 3.60. The highest BCUT2D eigenvalue weighted by atomic mass is 16.6. The Hall–Kier alpha value is -1.30. The molecule has 0 spiro atoms. The molecule has 0 aromatic heterocycles. The van der Waals surface area contributed by atoms with E-state index >= 15 is 0 Å². The lowest BCUT2D eigenvalue weighted by Crippen LogP contribution is -2.42. The van der Waals surface area contributed by atoms with Gasteiger partial charge in [-0.3, -0.25) is 0 Å². The summed E-state index contributed by atoms with van der Waals surface area (Å²) in [5, 5.41) is 13.3. The summed E-state index contributed by atoms with van der Waals surface area (Å²) in [5.74, 6) is 1.35. The largest absolute Gasteiger partial charge is 0.487 e. The average molecular weight is 323 g/mol. The van der Waals surface area contributed by atoms with E-state index in [1.54, 1.807) is 0 Å². The van der Waals surface area contributed by atoms with Gasteiger partial charge in [-0.25, -0.2) is 0 Å². The highest BCUT2D eigenvalue weighted by molar-refractivity contribution is 5.39. The predicted molar refractivity (Wildman–Crippen MR) is 90.2 cm³/mol. The van der Waals surface area contributed by atoms with Gasteiger partial charge in [-0.2, -0.15) is 0 Å². The van der Waals surface area contributed by atoms with E-state index in [0.717, 1.165) is 19.4 Å². The van der Waals surface area contributed by atoms with Crippen LogP contribution in [0, 0.1) is 0 Å². The summed E-state index contributed by atoms with van der Waals surface area (Å²) in [7, 11) is 0. The first-order chi connectivity index (χ1) is 10.9. The molecule has 1 heterocycles. The predicted octanol–water partition coefficient (Wildman–Crippen LogP) is 2.37. The smallest absolute Gasteiger partial charge is 0.161 e. The molecule has 0 saturated carbocycles. The topological polar surface area (TPSA) is 60.0 Å². The fourth-order valence-corrected chi connectivity index (χ4v) is 2.32. The number of aliphatic hydroxyl groups is 1. The van der Waals surface area contributed by atoms with Crippen LogP contribution in [0.1, 0.15) is 33.6 Å². The molecular formula is C18H29NO4. The van der Waals surface area contributed by atoms with Gasteiger partial charge < -0.3 is 24.6 Å². The molecule has 0 radical (unpaired) electrons. The summed E-state index contributed by atoms with van der Waals surface area (Å²) in [6.45, 7) is 8.26. The van der Waals surface area contributed by atoms with Crippen LogP contribution >= 0.6 is 0 Å². The third-order valence-corrected chi connectivity index (χ3v) is 3.60. The average Bonchev–Trinajstić information content (AvgIpc) is 3.02. The highest BCUT2D eigenvalue weighted by Crippen LogP contribution is 2.27. The van der Waals surface area contributed by atoms with Gasteiger partial charge in [0.05, 0.1) is 6.10 Å². The molecule has 5 nitrogen and oxygen atoms in total. The maximum absolute atomic E-state index is 10.0. The van der Waals surface area contributed by atoms with Crippen LogP contribution in [0.4, 0.5) is 0 Å². The summed E-state index contributed by atoms with van der Waals surface area (Å²) < 4.78 is 17.1. The van der Waals surface area contributed by atoms with E-state index in [4.69, 9.17) is 14.2 Å². The Labute approximate surface area is 138 Å². The van der Waals surface area contributed by atoms with Gasteiger partial charge in [0.2, 0.25) is 0 Å². The minimum atomic E-state index is -0.569. The zero-order valence-electron chi connectivity index (χ0n) is 14.4. The molecule has 1 aliphatic rings. The Bertz CT molecular complexity index is 466. The van der Waals surface area contributed by atoms with Crippen LogP contribution in [0.25, 0.3) is 0 Å². The van der Waals surface area contributed by atoms with Crippen molar-refractivity contribution < 1.29 is 19.3 Å². The van der Waals surface area contributed by atoms with Crippen molar-refractivity contribution in [3.8, 4) is 11.5 Å². The van der Waals surface area contributed by atoms with Crippen molar-refractivity contribution in [3.63, 3.8) is 0 Å². The molecule has 0 unspecified atom stereocenters. The normalized spacial score (nSPS) is 19.6. The van der Waals surface area contributed by atoms with Crippen LogP contribution in [0.2, 0.25) is 0 Å². The minimum Gasteiger partial charge on any atom is -0.487 e. The van der Waals surface area contributed by atoms with Crippen LogP contribution in [0.3, 0.4) is 0 Å². The lowest BCUT2D eigenvalue weighted by atomic mass is 10.1. The molecule has 1 aromatic rings. The van der Waals surface area contributed by atoms with Crippen LogP contribution in [-0.2, 0) is 4.74 Å². The summed E-state index contributed by atoms with van der Waals surface area (Å²) in [5.41, 5.74) is -0.0245. The Morgan fingerprint density at radius 3 is 2.57 bits per heavy atom. The van der Waals surface area contributed by atoms with Gasteiger partial charge in [-0.05, 0) is 45.7 Å². The van der Waals surface area contributed by atoms with Gasteiger partial charge in [0.25, 0.3) is 0 Å². The second-order valence-corrected chi connectivity index (χ2v) is 6.99. The fourth-order valence-electron chi connectivity index (χ4n) is 2.32. The zero-order chi connectivity index (χ0) is 16.7. The van der Waals surface area contributed by atoms with E-state index in [2.05, 4.69) is 26.1 Å². The number of hydrogen-bond donors (Lipinski definition) is 2. The molecule has 2 atom stereocenters. The second kappa shape index (κ2) is 8.52. The van der Waals surface area contributed by atoms with Crippen LogP contribution < -0.4 is 14.8 Å². The number of hydrogen-bond acceptors (Lipinski definition) is 5. The first kappa shape index (κ1) is 18.0. The zero-order valence-corrected chi connectivity index (χ0v) is 14.4. The molecule has 1 saturated heterocycles. The van der Waals surface area contributed by atoms with Crippen molar-refractivity contribution >= 4 is 0 Å². The Morgan fingerprint density at radius 1 is 1.26 bits per heavy atom. The van der Waals surface area contributed by atoms with Crippen molar-refractivity contribution in [1.29, 1.82) is 0 Å². The number of benzene rings is 1. The van der Waals surface area contributed by atoms with Gasteiger partial charge in [-0.15, -0.1) is 0 Å². The SMILES string of the molecule is CC(C)(C)NC[C@H](O)COc1ccccc1OC[C@@H]1CCCO1. The standard InChI is InChI=1S/C18H29NO4/c1-18(2,3)19-11-14(20)12-22-16-8-4-5-9-17(16)23-13-15-7-6-10-21-15/h4-5,8-9,14-15,19-20H,6-7,10-13H2,1-3H3/t14-,15-/m0/s1. The number of para-hydroxylation sites is 2. The number of rotatable bonds is 8. The number of aliphatic hydroxyl groups excluding tert-OH is 1. The van der Waals surface area contributed by atoms with Crippen LogP contribution in [0.15, 0.2) is 24.3 Å². The maximum Gasteiger partial charge on any atom is 0.161 e. The quantitative estimate of drug-likeness (QED) is 0.769. The molecule has 23 heavy (non-hydrogen) atoms. The summed E-state index contributed by atoms with van der Waals surface area (Å²) in [6, 6.07) is 7.54. The van der Waals surface area contributed by atoms with E-state index in [-0.39, 0.29) is 18.2 Å². The Kier molecular flexibility index (Phi) is 6.69. The molecule has 0 aliphatic carbocycles. The van der Waals surface area contributed by atoms with E-state index in [1.165, 1.54) is 0 Å². The number of nitrogens with one attached hydrogen (secondary N) is 1. The number of β-amino-alcohol motifs (C(OH)–C–C–N with tert-alkyl or cyclic N) is 1. The van der Waals surface area contributed by atoms with Gasteiger partial charge >= 0.3 is 0 Å². The summed E-state index contributed by atoms with van der Waals surface area (Å²) in [6.07, 6.45) is 1.74. The molecule has 2 N–H and O–H groups in total. The van der Waals surface area contributed by atoms with E-state index < -0.39 is 6.10 Å².